The molecule has 6 heteroatoms. The van der Waals surface area contributed by atoms with Crippen molar-refractivity contribution < 1.29 is 19.4 Å². The van der Waals surface area contributed by atoms with Gasteiger partial charge in [-0.2, -0.15) is 0 Å². The van der Waals surface area contributed by atoms with E-state index in [9.17, 15) is 9.59 Å². The van der Waals surface area contributed by atoms with Crippen molar-refractivity contribution in [2.45, 2.75) is 18.6 Å². The molecule has 18 heavy (non-hydrogen) atoms. The fourth-order valence-corrected chi connectivity index (χ4v) is 1.92. The van der Waals surface area contributed by atoms with Gasteiger partial charge in [-0.25, -0.2) is 9.59 Å². The summed E-state index contributed by atoms with van der Waals surface area (Å²) in [7, 11) is 0. The van der Waals surface area contributed by atoms with Crippen LogP contribution >= 0.6 is 15.9 Å². The summed E-state index contributed by atoms with van der Waals surface area (Å²) >= 11 is 3.07. The third-order valence-corrected chi connectivity index (χ3v) is 2.84. The molecule has 0 bridgehead atoms. The molecule has 3 N–H and O–H groups in total. The lowest BCUT2D eigenvalue weighted by molar-refractivity contribution is -0.162. The zero-order valence-electron chi connectivity index (χ0n) is 9.64. The molecule has 1 aromatic rings. The van der Waals surface area contributed by atoms with Crippen LogP contribution in [-0.4, -0.2) is 27.9 Å². The van der Waals surface area contributed by atoms with Crippen LogP contribution in [0.15, 0.2) is 30.3 Å². The molecule has 1 rings (SSSR count). The molecule has 0 aliphatic carbocycles. The molecule has 0 heterocycles. The zero-order valence-corrected chi connectivity index (χ0v) is 11.2. The minimum Gasteiger partial charge on any atom is -0.479 e. The third-order valence-electron chi connectivity index (χ3n) is 2.45. The summed E-state index contributed by atoms with van der Waals surface area (Å²) < 4.78 is 4.94. The number of ether oxygens (including phenoxy) is 1. The molecule has 0 unspecified atom stereocenters. The van der Waals surface area contributed by atoms with Crippen molar-refractivity contribution >= 4 is 27.9 Å². The first kappa shape index (κ1) is 14.7. The first-order valence-corrected chi connectivity index (χ1v) is 6.42. The number of carbonyl (C=O) groups excluding carboxylic acids is 1. The van der Waals surface area contributed by atoms with Crippen molar-refractivity contribution in [2.75, 3.05) is 5.33 Å². The van der Waals surface area contributed by atoms with E-state index in [0.717, 1.165) is 5.56 Å². The number of carboxylic acid groups (broad SMARTS) is 1. The summed E-state index contributed by atoms with van der Waals surface area (Å²) in [4.78, 5) is 22.7. The zero-order chi connectivity index (χ0) is 13.6. The predicted octanol–water partition coefficient (Wildman–Crippen LogP) is 1.30. The first-order valence-electron chi connectivity index (χ1n) is 5.30. The second kappa shape index (κ2) is 6.51. The number of benzene rings is 1. The maximum Gasteiger partial charge on any atom is 0.338 e. The molecule has 0 radical (unpaired) electrons. The second-order valence-electron chi connectivity index (χ2n) is 3.78. The highest BCUT2D eigenvalue weighted by Gasteiger charge is 2.43. The Morgan fingerprint density at radius 3 is 2.44 bits per heavy atom. The number of alkyl halides is 1. The van der Waals surface area contributed by atoms with Gasteiger partial charge in [-0.15, -0.1) is 0 Å². The SMILES string of the molecule is N[C@](CCBr)(C(=O)O)C(=O)OCc1ccccc1. The number of hydrogen-bond donors (Lipinski definition) is 2. The first-order chi connectivity index (χ1) is 8.50. The summed E-state index contributed by atoms with van der Waals surface area (Å²) in [5.41, 5.74) is 4.33. The fourth-order valence-electron chi connectivity index (χ4n) is 1.30. The van der Waals surface area contributed by atoms with Crippen molar-refractivity contribution in [1.82, 2.24) is 0 Å². The van der Waals surface area contributed by atoms with Gasteiger partial charge >= 0.3 is 11.9 Å². The highest BCUT2D eigenvalue weighted by molar-refractivity contribution is 9.09. The number of nitrogens with two attached hydrogens (primary N) is 1. The Hall–Kier alpha value is -1.40. The second-order valence-corrected chi connectivity index (χ2v) is 4.57. The van der Waals surface area contributed by atoms with Gasteiger partial charge in [0.15, 0.2) is 0 Å². The summed E-state index contributed by atoms with van der Waals surface area (Å²) in [5.74, 6) is -2.32. The molecule has 0 fully saturated rings. The molecule has 0 aliphatic rings. The van der Waals surface area contributed by atoms with E-state index in [4.69, 9.17) is 15.6 Å². The lowest BCUT2D eigenvalue weighted by Gasteiger charge is -2.21. The van der Waals surface area contributed by atoms with Crippen LogP contribution in [0.1, 0.15) is 12.0 Å². The van der Waals surface area contributed by atoms with Gasteiger partial charge in [0, 0.05) is 5.33 Å². The summed E-state index contributed by atoms with van der Waals surface area (Å²) in [6.45, 7) is 0.00812. The Kier molecular flexibility index (Phi) is 5.30. The predicted molar refractivity (Wildman–Crippen MR) is 69.2 cm³/mol. The molecule has 0 aliphatic heterocycles. The molecular formula is C12H14BrNO4. The normalized spacial score (nSPS) is 13.7. The Morgan fingerprint density at radius 1 is 1.33 bits per heavy atom. The summed E-state index contributed by atoms with van der Waals surface area (Å²) in [6.07, 6.45) is -0.0318. The number of hydrogen-bond acceptors (Lipinski definition) is 4. The number of esters is 1. The molecule has 5 nitrogen and oxygen atoms in total. The van der Waals surface area contributed by atoms with Crippen LogP contribution < -0.4 is 5.73 Å². The summed E-state index contributed by atoms with van der Waals surface area (Å²) in [6, 6.07) is 8.98. The lowest BCUT2D eigenvalue weighted by atomic mass is 9.98. The number of aliphatic carboxylic acids is 1. The minimum atomic E-state index is -2.00. The Bertz CT molecular complexity index is 423. The quantitative estimate of drug-likeness (QED) is 0.469. The van der Waals surface area contributed by atoms with Crippen molar-refractivity contribution in [3.8, 4) is 0 Å². The van der Waals surface area contributed by atoms with Crippen LogP contribution in [0.25, 0.3) is 0 Å². The van der Waals surface area contributed by atoms with E-state index < -0.39 is 17.5 Å². The molecule has 0 spiro atoms. The van der Waals surface area contributed by atoms with E-state index in [1.807, 2.05) is 6.07 Å². The van der Waals surface area contributed by atoms with E-state index in [0.29, 0.717) is 5.33 Å². The highest BCUT2D eigenvalue weighted by Crippen LogP contribution is 2.13. The summed E-state index contributed by atoms with van der Waals surface area (Å²) in [5, 5.41) is 9.29. The van der Waals surface area contributed by atoms with Crippen LogP contribution in [0.4, 0.5) is 0 Å². The van der Waals surface area contributed by atoms with Gasteiger partial charge in [-0.3, -0.25) is 0 Å². The van der Waals surface area contributed by atoms with E-state index in [-0.39, 0.29) is 13.0 Å². The maximum absolute atomic E-state index is 11.7. The van der Waals surface area contributed by atoms with Crippen LogP contribution in [0.5, 0.6) is 0 Å². The minimum absolute atomic E-state index is 0.00812. The smallest absolute Gasteiger partial charge is 0.338 e. The van der Waals surface area contributed by atoms with Crippen LogP contribution in [-0.2, 0) is 20.9 Å². The average molecular weight is 316 g/mol. The number of halogens is 1. The third kappa shape index (κ3) is 3.54. The Labute approximate surface area is 113 Å². The monoisotopic (exact) mass is 315 g/mol. The van der Waals surface area contributed by atoms with Crippen LogP contribution in [0, 0.1) is 0 Å². The maximum atomic E-state index is 11.7. The van der Waals surface area contributed by atoms with E-state index in [1.54, 1.807) is 24.3 Å². The van der Waals surface area contributed by atoms with Crippen LogP contribution in [0.2, 0.25) is 0 Å². The van der Waals surface area contributed by atoms with Gasteiger partial charge in [0.25, 0.3) is 0 Å². The van der Waals surface area contributed by atoms with Gasteiger partial charge in [0.2, 0.25) is 5.54 Å². The number of carbonyl (C=O) groups is 2. The topological polar surface area (TPSA) is 89.6 Å². The lowest BCUT2D eigenvalue weighted by Crippen LogP contribution is -2.56. The largest absolute Gasteiger partial charge is 0.479 e. The van der Waals surface area contributed by atoms with Crippen molar-refractivity contribution in [3.05, 3.63) is 35.9 Å². The van der Waals surface area contributed by atoms with E-state index in [2.05, 4.69) is 15.9 Å². The highest BCUT2D eigenvalue weighted by atomic mass is 79.9. The van der Waals surface area contributed by atoms with Gasteiger partial charge in [-0.1, -0.05) is 46.3 Å². The van der Waals surface area contributed by atoms with Crippen LogP contribution in [0.3, 0.4) is 0 Å². The average Bonchev–Trinajstić information content (AvgIpc) is 2.37. The van der Waals surface area contributed by atoms with E-state index >= 15 is 0 Å². The Balaban J connectivity index is 2.66. The molecule has 0 saturated heterocycles. The molecule has 0 amide bonds. The van der Waals surface area contributed by atoms with Crippen molar-refractivity contribution in [3.63, 3.8) is 0 Å². The molecule has 1 atom stereocenters. The van der Waals surface area contributed by atoms with Gasteiger partial charge < -0.3 is 15.6 Å². The van der Waals surface area contributed by atoms with Gasteiger partial charge in [0.1, 0.15) is 6.61 Å². The van der Waals surface area contributed by atoms with Crippen molar-refractivity contribution in [1.29, 1.82) is 0 Å². The van der Waals surface area contributed by atoms with Gasteiger partial charge in [0.05, 0.1) is 0 Å². The molecule has 0 saturated carbocycles. The van der Waals surface area contributed by atoms with Gasteiger partial charge in [-0.05, 0) is 12.0 Å². The van der Waals surface area contributed by atoms with E-state index in [1.165, 1.54) is 0 Å². The number of rotatable bonds is 6. The standard InChI is InChI=1S/C12H14BrNO4/c13-7-6-12(14,10(15)16)11(17)18-8-9-4-2-1-3-5-9/h1-5H,6-8,14H2,(H,15,16)/t12-/m1/s1. The molecule has 1 aromatic carbocycles. The fraction of sp³-hybridized carbons (Fsp3) is 0.333. The molecular weight excluding hydrogens is 302 g/mol. The molecule has 98 valence electrons. The molecule has 0 aromatic heterocycles. The van der Waals surface area contributed by atoms with Crippen molar-refractivity contribution in [2.24, 2.45) is 5.73 Å². The number of carboxylic acids is 1. The Morgan fingerprint density at radius 2 is 1.94 bits per heavy atom.